The average molecular weight is 121 g/mol. The largest absolute Gasteiger partial charge is 0.373 e. The van der Waals surface area contributed by atoms with E-state index >= 15 is 0 Å². The Bertz CT molecular complexity index is 195. The van der Waals surface area contributed by atoms with Crippen LogP contribution < -0.4 is 5.66 Å². The molecule has 0 aromatic carbocycles. The topological polar surface area (TPSA) is 26.0 Å². The summed E-state index contributed by atoms with van der Waals surface area (Å²) >= 11 is 0. The van der Waals surface area contributed by atoms with Crippen molar-refractivity contribution in [2.75, 3.05) is 0 Å². The van der Waals surface area contributed by atoms with Crippen molar-refractivity contribution >= 4 is 13.5 Å². The number of hydrogen-bond acceptors (Lipinski definition) is 2. The fourth-order valence-corrected chi connectivity index (χ4v) is 0.690. The predicted octanol–water partition coefficient (Wildman–Crippen LogP) is 0.592. The van der Waals surface area contributed by atoms with Crippen molar-refractivity contribution in [3.8, 4) is 0 Å². The van der Waals surface area contributed by atoms with Crippen LogP contribution in [0.1, 0.15) is 25.3 Å². The van der Waals surface area contributed by atoms with Crippen LogP contribution in [0.15, 0.2) is 10.7 Å². The first-order valence-electron chi connectivity index (χ1n) is 2.92. The van der Waals surface area contributed by atoms with Crippen LogP contribution >= 0.6 is 0 Å². The summed E-state index contributed by atoms with van der Waals surface area (Å²) < 4.78 is 4.65. The Labute approximate surface area is 55.6 Å². The van der Waals surface area contributed by atoms with E-state index in [4.69, 9.17) is 7.85 Å². The number of hydrogen-bond donors (Lipinski definition) is 0. The molecule has 0 atom stereocenters. The maximum atomic E-state index is 5.41. The number of aromatic nitrogens is 1. The number of rotatable bonds is 1. The van der Waals surface area contributed by atoms with E-state index in [1.54, 1.807) is 6.20 Å². The minimum absolute atomic E-state index is 0.399. The maximum Gasteiger partial charge on any atom is 0.172 e. The highest BCUT2D eigenvalue weighted by molar-refractivity contribution is 6.30. The molecular weight excluding hydrogens is 113 g/mol. The zero-order chi connectivity index (χ0) is 6.85. The van der Waals surface area contributed by atoms with Gasteiger partial charge in [-0.2, -0.15) is 0 Å². The van der Waals surface area contributed by atoms with Crippen LogP contribution in [0.25, 0.3) is 0 Å². The van der Waals surface area contributed by atoms with Crippen LogP contribution in [0, 0.1) is 0 Å². The first-order chi connectivity index (χ1) is 4.22. The molecule has 1 aromatic rings. The van der Waals surface area contributed by atoms with E-state index < -0.39 is 0 Å². The lowest BCUT2D eigenvalue weighted by Gasteiger charge is -1.98. The van der Waals surface area contributed by atoms with Crippen LogP contribution in [0.5, 0.6) is 0 Å². The van der Waals surface area contributed by atoms with Gasteiger partial charge in [0.25, 0.3) is 0 Å². The smallest absolute Gasteiger partial charge is 0.172 e. The lowest BCUT2D eigenvalue weighted by Crippen LogP contribution is -2.05. The van der Waals surface area contributed by atoms with E-state index in [0.717, 1.165) is 5.56 Å². The Balaban J connectivity index is 2.94. The summed E-state index contributed by atoms with van der Waals surface area (Å²) in [4.78, 5) is 0. The van der Waals surface area contributed by atoms with Gasteiger partial charge in [0.2, 0.25) is 0 Å². The summed E-state index contributed by atoms with van der Waals surface area (Å²) in [7, 11) is 5.41. The van der Waals surface area contributed by atoms with Gasteiger partial charge in [-0.3, -0.25) is 0 Å². The van der Waals surface area contributed by atoms with Gasteiger partial charge in [0.15, 0.2) is 7.85 Å². The summed E-state index contributed by atoms with van der Waals surface area (Å²) in [5.41, 5.74) is 1.42. The van der Waals surface area contributed by atoms with Gasteiger partial charge < -0.3 is 4.52 Å². The fraction of sp³-hybridized carbons (Fsp3) is 0.500. The molecule has 0 bridgehead atoms. The second-order valence-electron chi connectivity index (χ2n) is 2.30. The second-order valence-corrected chi connectivity index (χ2v) is 2.30. The monoisotopic (exact) mass is 121 g/mol. The molecule has 0 aliphatic carbocycles. The van der Waals surface area contributed by atoms with Crippen LogP contribution in [0.2, 0.25) is 0 Å². The van der Waals surface area contributed by atoms with Gasteiger partial charge in [-0.1, -0.05) is 19.0 Å². The number of nitrogens with zero attached hydrogens (tertiary/aromatic N) is 1. The molecule has 46 valence electrons. The quantitative estimate of drug-likeness (QED) is 0.508. The third-order valence-corrected chi connectivity index (χ3v) is 1.25. The van der Waals surface area contributed by atoms with Gasteiger partial charge in [0.05, 0.1) is 11.9 Å². The van der Waals surface area contributed by atoms with E-state index in [2.05, 4.69) is 9.68 Å². The van der Waals surface area contributed by atoms with Gasteiger partial charge in [-0.05, 0) is 5.92 Å². The average Bonchev–Trinajstić information content (AvgIpc) is 2.13. The van der Waals surface area contributed by atoms with E-state index in [-0.39, 0.29) is 0 Å². The van der Waals surface area contributed by atoms with Crippen molar-refractivity contribution in [3.63, 3.8) is 0 Å². The Morgan fingerprint density at radius 1 is 1.67 bits per heavy atom. The minimum Gasteiger partial charge on any atom is -0.373 e. The van der Waals surface area contributed by atoms with Crippen molar-refractivity contribution in [3.05, 3.63) is 11.8 Å². The van der Waals surface area contributed by atoms with Crippen molar-refractivity contribution in [2.24, 2.45) is 0 Å². The summed E-state index contributed by atoms with van der Waals surface area (Å²) in [6.45, 7) is 4.09. The van der Waals surface area contributed by atoms with Gasteiger partial charge in [0.1, 0.15) is 0 Å². The highest BCUT2D eigenvalue weighted by atomic mass is 16.5. The molecule has 0 saturated carbocycles. The molecule has 1 aromatic heterocycles. The van der Waals surface area contributed by atoms with Crippen molar-refractivity contribution in [1.29, 1.82) is 0 Å². The first kappa shape index (κ1) is 6.40. The van der Waals surface area contributed by atoms with Gasteiger partial charge in [-0.15, -0.1) is 0 Å². The molecule has 1 rings (SSSR count). The summed E-state index contributed by atoms with van der Waals surface area (Å²) in [5, 5.41) is 3.54. The molecule has 0 fully saturated rings. The van der Waals surface area contributed by atoms with E-state index in [1.807, 2.05) is 13.8 Å². The predicted molar refractivity (Wildman–Crippen MR) is 36.0 cm³/mol. The zero-order valence-corrected chi connectivity index (χ0v) is 5.59. The normalized spacial score (nSPS) is 10.6. The molecule has 1 heterocycles. The second kappa shape index (κ2) is 2.25. The summed E-state index contributed by atoms with van der Waals surface area (Å²) in [5.74, 6) is 0.399. The molecule has 2 radical (unpaired) electrons. The van der Waals surface area contributed by atoms with Crippen LogP contribution in [0.3, 0.4) is 0 Å². The van der Waals surface area contributed by atoms with E-state index in [9.17, 15) is 0 Å². The Kier molecular flexibility index (Phi) is 1.60. The highest BCUT2D eigenvalue weighted by Crippen LogP contribution is 2.08. The molecule has 2 nitrogen and oxygen atoms in total. The minimum atomic E-state index is 0.399. The molecule has 0 N–H and O–H groups in total. The molecule has 0 saturated heterocycles. The molecule has 0 amide bonds. The fourth-order valence-electron chi connectivity index (χ4n) is 0.690. The van der Waals surface area contributed by atoms with Crippen molar-refractivity contribution in [1.82, 2.24) is 5.16 Å². The van der Waals surface area contributed by atoms with Gasteiger partial charge in [0, 0.05) is 5.56 Å². The molecular formula is C6H8BNO. The maximum absolute atomic E-state index is 5.41. The first-order valence-corrected chi connectivity index (χ1v) is 2.92. The zero-order valence-electron chi connectivity index (χ0n) is 5.59. The Hall–Kier alpha value is -0.725. The lowest BCUT2D eigenvalue weighted by molar-refractivity contribution is 0.445. The van der Waals surface area contributed by atoms with Crippen LogP contribution in [0.4, 0.5) is 0 Å². The van der Waals surface area contributed by atoms with Crippen molar-refractivity contribution in [2.45, 2.75) is 19.8 Å². The third kappa shape index (κ3) is 1.15. The molecule has 0 spiro atoms. The van der Waals surface area contributed by atoms with Crippen LogP contribution in [-0.2, 0) is 0 Å². The van der Waals surface area contributed by atoms with Gasteiger partial charge >= 0.3 is 0 Å². The SMILES string of the molecule is [B]c1oncc1C(C)C. The molecule has 0 unspecified atom stereocenters. The summed E-state index contributed by atoms with van der Waals surface area (Å²) in [6.07, 6.45) is 1.65. The Morgan fingerprint density at radius 3 is 2.56 bits per heavy atom. The Morgan fingerprint density at radius 2 is 2.33 bits per heavy atom. The molecule has 9 heavy (non-hydrogen) atoms. The van der Waals surface area contributed by atoms with Crippen LogP contribution in [-0.4, -0.2) is 13.0 Å². The standard InChI is InChI=1S/C6H8BNO/c1-4(2)5-3-8-9-6(5)7/h3-4H,1-2H3. The van der Waals surface area contributed by atoms with Gasteiger partial charge in [-0.25, -0.2) is 0 Å². The van der Waals surface area contributed by atoms with E-state index in [0.29, 0.717) is 11.6 Å². The molecule has 0 aliphatic heterocycles. The van der Waals surface area contributed by atoms with E-state index in [1.165, 1.54) is 0 Å². The van der Waals surface area contributed by atoms with Crippen molar-refractivity contribution < 1.29 is 4.52 Å². The molecule has 3 heteroatoms. The lowest BCUT2D eigenvalue weighted by atomic mass is 9.94. The molecule has 0 aliphatic rings. The highest BCUT2D eigenvalue weighted by Gasteiger charge is 2.04. The third-order valence-electron chi connectivity index (χ3n) is 1.25. The summed E-state index contributed by atoms with van der Waals surface area (Å²) in [6, 6.07) is 0.